The molecule has 0 bridgehead atoms. The predicted octanol–water partition coefficient (Wildman–Crippen LogP) is 0.816. The Balaban J connectivity index is 3.06. The van der Waals surface area contributed by atoms with Gasteiger partial charge in [-0.15, -0.1) is 0 Å². The normalized spacial score (nSPS) is 10.5. The minimum atomic E-state index is 0.519. The third kappa shape index (κ3) is 0.294. The third-order valence-electron chi connectivity index (χ3n) is 0.874. The van der Waals surface area contributed by atoms with Crippen LogP contribution in [0.5, 0.6) is 0 Å². The van der Waals surface area contributed by atoms with E-state index in [1.165, 1.54) is 12.7 Å². The summed E-state index contributed by atoms with van der Waals surface area (Å²) in [5.41, 5.74) is 1.11. The second-order valence-electron chi connectivity index (χ2n) is 1.35. The molecule has 2 aromatic heterocycles. The molecule has 0 aromatic carbocycles. The van der Waals surface area contributed by atoms with Gasteiger partial charge in [-0.1, -0.05) is 5.16 Å². The molecule has 0 radical (unpaired) electrons. The molecule has 0 amide bonds. The van der Waals surface area contributed by atoms with Gasteiger partial charge in [0, 0.05) is 0 Å². The van der Waals surface area contributed by atoms with Crippen molar-refractivity contribution in [3.05, 3.63) is 12.7 Å². The first-order valence-corrected chi connectivity index (χ1v) is 2.10. The minimum absolute atomic E-state index is 0.519. The Morgan fingerprint density at radius 3 is 3.38 bits per heavy atom. The molecule has 0 aliphatic rings. The van der Waals surface area contributed by atoms with E-state index in [9.17, 15) is 0 Å². The quantitative estimate of drug-likeness (QED) is 0.503. The van der Waals surface area contributed by atoms with Gasteiger partial charge in [-0.3, -0.25) is 0 Å². The van der Waals surface area contributed by atoms with Gasteiger partial charge in [0.05, 0.1) is 0 Å². The first kappa shape index (κ1) is 3.65. The van der Waals surface area contributed by atoms with Crippen molar-refractivity contribution >= 4 is 11.2 Å². The molecule has 0 aliphatic carbocycles. The van der Waals surface area contributed by atoms with Crippen molar-refractivity contribution in [1.29, 1.82) is 0 Å². The maximum atomic E-state index is 4.79. The van der Waals surface area contributed by atoms with Gasteiger partial charge in [-0.25, -0.2) is 0 Å². The number of rotatable bonds is 0. The molecular weight excluding hydrogens is 108 g/mol. The second kappa shape index (κ2) is 1.09. The van der Waals surface area contributed by atoms with Crippen LogP contribution in [0, 0.1) is 0 Å². The fourth-order valence-electron chi connectivity index (χ4n) is 0.523. The van der Waals surface area contributed by atoms with Gasteiger partial charge in [-0.2, -0.15) is 4.98 Å². The van der Waals surface area contributed by atoms with Gasteiger partial charge >= 0.3 is 0 Å². The number of fused-ring (bicyclic) bond motifs is 1. The fourth-order valence-corrected chi connectivity index (χ4v) is 0.523. The number of hydrogen-bond donors (Lipinski definition) is 0. The smallest absolute Gasteiger partial charge is 0.241 e. The van der Waals surface area contributed by atoms with Crippen LogP contribution in [0.4, 0.5) is 0 Å². The Hall–Kier alpha value is -1.32. The van der Waals surface area contributed by atoms with Crippen LogP contribution in [0.25, 0.3) is 11.2 Å². The molecule has 8 heavy (non-hydrogen) atoms. The van der Waals surface area contributed by atoms with E-state index in [1.807, 2.05) is 0 Å². The van der Waals surface area contributed by atoms with Crippen molar-refractivity contribution in [2.75, 3.05) is 0 Å². The van der Waals surface area contributed by atoms with Gasteiger partial charge in [-0.05, 0) is 0 Å². The molecule has 0 saturated carbocycles. The number of aromatic nitrogens is 2. The van der Waals surface area contributed by atoms with E-state index in [0.29, 0.717) is 11.2 Å². The molecule has 0 aliphatic heterocycles. The first-order valence-electron chi connectivity index (χ1n) is 2.10. The molecule has 0 unspecified atom stereocenters. The maximum Gasteiger partial charge on any atom is 0.241 e. The molecule has 2 rings (SSSR count). The largest absolute Gasteiger partial charge is 0.438 e. The van der Waals surface area contributed by atoms with Crippen LogP contribution in [-0.4, -0.2) is 10.1 Å². The zero-order valence-corrected chi connectivity index (χ0v) is 3.87. The zero-order chi connectivity index (χ0) is 5.40. The van der Waals surface area contributed by atoms with Crippen molar-refractivity contribution in [3.8, 4) is 0 Å². The van der Waals surface area contributed by atoms with Crippen LogP contribution in [0.15, 0.2) is 21.6 Å². The summed E-state index contributed by atoms with van der Waals surface area (Å²) in [6.07, 6.45) is 2.73. The van der Waals surface area contributed by atoms with Crippen LogP contribution in [-0.2, 0) is 0 Å². The highest BCUT2D eigenvalue weighted by molar-refractivity contribution is 5.64. The lowest BCUT2D eigenvalue weighted by atomic mass is 10.7. The van der Waals surface area contributed by atoms with Crippen molar-refractivity contribution < 1.29 is 8.94 Å². The van der Waals surface area contributed by atoms with Crippen LogP contribution in [0.1, 0.15) is 0 Å². The number of nitrogens with zero attached hydrogens (tertiary/aromatic N) is 2. The standard InChI is InChI=1S/C4H2N2O2/c1-3-4(6-8-1)5-2-7-3/h1-2H. The molecule has 2 aromatic rings. The molecule has 0 saturated heterocycles. The van der Waals surface area contributed by atoms with Crippen LogP contribution in [0.2, 0.25) is 0 Å². The third-order valence-corrected chi connectivity index (χ3v) is 0.874. The number of oxazole rings is 1. The molecular formula is C4H2N2O2. The summed E-state index contributed by atoms with van der Waals surface area (Å²) in [5.74, 6) is 0. The summed E-state index contributed by atoms with van der Waals surface area (Å²) in [4.78, 5) is 3.71. The topological polar surface area (TPSA) is 52.1 Å². The van der Waals surface area contributed by atoms with Gasteiger partial charge in [0.25, 0.3) is 0 Å². The van der Waals surface area contributed by atoms with Gasteiger partial charge in [0.15, 0.2) is 12.7 Å². The van der Waals surface area contributed by atoms with Gasteiger partial charge < -0.3 is 8.94 Å². The lowest BCUT2D eigenvalue weighted by Crippen LogP contribution is -1.58. The SMILES string of the molecule is c1nc2nocc2o1. The van der Waals surface area contributed by atoms with E-state index in [0.717, 1.165) is 0 Å². The summed E-state index contributed by atoms with van der Waals surface area (Å²) >= 11 is 0. The lowest BCUT2D eigenvalue weighted by molar-refractivity contribution is 0.420. The highest BCUT2D eigenvalue weighted by atomic mass is 16.5. The molecule has 0 fully saturated rings. The van der Waals surface area contributed by atoms with Crippen LogP contribution in [0.3, 0.4) is 0 Å². The monoisotopic (exact) mass is 110 g/mol. The maximum absolute atomic E-state index is 4.79. The summed E-state index contributed by atoms with van der Waals surface area (Å²) in [5, 5.41) is 3.50. The van der Waals surface area contributed by atoms with E-state index in [4.69, 9.17) is 4.42 Å². The van der Waals surface area contributed by atoms with Gasteiger partial charge in [0.2, 0.25) is 11.2 Å². The zero-order valence-electron chi connectivity index (χ0n) is 3.87. The van der Waals surface area contributed by atoms with Crippen molar-refractivity contribution in [2.45, 2.75) is 0 Å². The average Bonchev–Trinajstić information content (AvgIpc) is 2.15. The van der Waals surface area contributed by atoms with E-state index in [2.05, 4.69) is 14.7 Å². The molecule has 0 spiro atoms. The summed E-state index contributed by atoms with van der Waals surface area (Å²) < 4.78 is 9.29. The Labute approximate surface area is 44.1 Å². The Morgan fingerprint density at radius 1 is 1.50 bits per heavy atom. The lowest BCUT2D eigenvalue weighted by Gasteiger charge is -1.58. The minimum Gasteiger partial charge on any atom is -0.438 e. The average molecular weight is 110 g/mol. The highest BCUT2D eigenvalue weighted by Crippen LogP contribution is 2.06. The van der Waals surface area contributed by atoms with Gasteiger partial charge in [0.1, 0.15) is 0 Å². The Morgan fingerprint density at radius 2 is 2.50 bits per heavy atom. The second-order valence-corrected chi connectivity index (χ2v) is 1.35. The summed E-state index contributed by atoms with van der Waals surface area (Å²) in [6, 6.07) is 0. The predicted molar refractivity (Wildman–Crippen MR) is 24.1 cm³/mol. The molecule has 0 N–H and O–H groups in total. The van der Waals surface area contributed by atoms with Crippen molar-refractivity contribution in [2.24, 2.45) is 0 Å². The first-order chi connectivity index (χ1) is 3.97. The van der Waals surface area contributed by atoms with E-state index in [1.54, 1.807) is 0 Å². The molecule has 0 atom stereocenters. The molecule has 2 heterocycles. The summed E-state index contributed by atoms with van der Waals surface area (Å²) in [7, 11) is 0. The fraction of sp³-hybridized carbons (Fsp3) is 0. The molecule has 4 nitrogen and oxygen atoms in total. The molecule has 40 valence electrons. The summed E-state index contributed by atoms with van der Waals surface area (Å²) in [6.45, 7) is 0. The van der Waals surface area contributed by atoms with E-state index < -0.39 is 0 Å². The van der Waals surface area contributed by atoms with E-state index in [-0.39, 0.29) is 0 Å². The van der Waals surface area contributed by atoms with Crippen LogP contribution >= 0.6 is 0 Å². The highest BCUT2D eigenvalue weighted by Gasteiger charge is 1.98. The van der Waals surface area contributed by atoms with E-state index >= 15 is 0 Å². The Kier molecular flexibility index (Phi) is 0.498. The van der Waals surface area contributed by atoms with Crippen LogP contribution < -0.4 is 0 Å². The van der Waals surface area contributed by atoms with Crippen molar-refractivity contribution in [1.82, 2.24) is 10.1 Å². The number of hydrogen-bond acceptors (Lipinski definition) is 4. The van der Waals surface area contributed by atoms with Crippen molar-refractivity contribution in [3.63, 3.8) is 0 Å². The molecule has 4 heteroatoms. The Bertz CT molecular complexity index is 233.